The van der Waals surface area contributed by atoms with E-state index in [-0.39, 0.29) is 5.57 Å². The summed E-state index contributed by atoms with van der Waals surface area (Å²) in [6.45, 7) is 5.90. The van der Waals surface area contributed by atoms with Gasteiger partial charge >= 0.3 is 5.97 Å². The highest BCUT2D eigenvalue weighted by atomic mass is 32.2. The first-order chi connectivity index (χ1) is 10.9. The lowest BCUT2D eigenvalue weighted by molar-refractivity contribution is -0.141. The third kappa shape index (κ3) is 6.53. The quantitative estimate of drug-likeness (QED) is 0.541. The Kier molecular flexibility index (Phi) is 7.96. The molecule has 0 aromatic carbocycles. The summed E-state index contributed by atoms with van der Waals surface area (Å²) in [5, 5.41) is 20.8. The van der Waals surface area contributed by atoms with Crippen LogP contribution in [0.2, 0.25) is 0 Å². The van der Waals surface area contributed by atoms with E-state index in [1.807, 2.05) is 17.2 Å². The number of carboxylic acids is 1. The standard InChI is InChI=1S/C16H25N3O3S/c1-11-6-12(2)9-19(8-11)10-13(7-17)15(20)18-14(16(21)22)4-5-23-3/h10-12,14H,4-6,8-9H2,1-3H3,(H,18,20)(H,21,22)/b13-10-. The highest BCUT2D eigenvalue weighted by molar-refractivity contribution is 7.98. The van der Waals surface area contributed by atoms with Crippen molar-refractivity contribution in [2.24, 2.45) is 11.8 Å². The summed E-state index contributed by atoms with van der Waals surface area (Å²) in [4.78, 5) is 25.4. The van der Waals surface area contributed by atoms with E-state index in [1.54, 1.807) is 6.20 Å². The Morgan fingerprint density at radius 3 is 2.52 bits per heavy atom. The van der Waals surface area contributed by atoms with Crippen molar-refractivity contribution in [3.05, 3.63) is 11.8 Å². The lowest BCUT2D eigenvalue weighted by Gasteiger charge is -2.34. The number of amides is 1. The number of hydrogen-bond donors (Lipinski definition) is 2. The molecule has 0 aromatic rings. The molecule has 0 radical (unpaired) electrons. The van der Waals surface area contributed by atoms with E-state index < -0.39 is 17.9 Å². The van der Waals surface area contributed by atoms with Gasteiger partial charge in [-0.3, -0.25) is 4.79 Å². The fourth-order valence-corrected chi connectivity index (χ4v) is 3.34. The number of nitriles is 1. The number of nitrogens with one attached hydrogen (secondary N) is 1. The van der Waals surface area contributed by atoms with Crippen molar-refractivity contribution >= 4 is 23.6 Å². The van der Waals surface area contributed by atoms with E-state index in [9.17, 15) is 14.9 Å². The molecule has 23 heavy (non-hydrogen) atoms. The molecule has 128 valence electrons. The maximum Gasteiger partial charge on any atom is 0.326 e. The van der Waals surface area contributed by atoms with Gasteiger partial charge in [-0.05, 0) is 36.7 Å². The Labute approximate surface area is 141 Å². The van der Waals surface area contributed by atoms with Crippen LogP contribution in [0.15, 0.2) is 11.8 Å². The molecule has 1 fully saturated rings. The molecule has 1 saturated heterocycles. The van der Waals surface area contributed by atoms with Gasteiger partial charge in [-0.2, -0.15) is 17.0 Å². The molecule has 0 spiro atoms. The smallest absolute Gasteiger partial charge is 0.326 e. The monoisotopic (exact) mass is 339 g/mol. The molecule has 2 N–H and O–H groups in total. The molecule has 1 heterocycles. The van der Waals surface area contributed by atoms with Crippen LogP contribution in [0.1, 0.15) is 26.7 Å². The Bertz CT molecular complexity index is 491. The number of likely N-dealkylation sites (tertiary alicyclic amines) is 1. The maximum atomic E-state index is 12.2. The van der Waals surface area contributed by atoms with Crippen LogP contribution < -0.4 is 5.32 Å². The van der Waals surface area contributed by atoms with Crippen LogP contribution in [0.4, 0.5) is 0 Å². The number of piperidine rings is 1. The number of thioether (sulfide) groups is 1. The summed E-state index contributed by atoms with van der Waals surface area (Å²) >= 11 is 1.52. The molecule has 0 aromatic heterocycles. The number of carbonyl (C=O) groups excluding carboxylic acids is 1. The minimum atomic E-state index is -1.08. The molecular weight excluding hydrogens is 314 g/mol. The number of nitrogens with zero attached hydrogens (tertiary/aromatic N) is 2. The Balaban J connectivity index is 2.75. The van der Waals surface area contributed by atoms with Crippen molar-refractivity contribution in [2.45, 2.75) is 32.7 Å². The molecule has 3 atom stereocenters. The van der Waals surface area contributed by atoms with Crippen LogP contribution in [-0.2, 0) is 9.59 Å². The van der Waals surface area contributed by atoms with Gasteiger partial charge in [0.1, 0.15) is 17.7 Å². The lowest BCUT2D eigenvalue weighted by Crippen LogP contribution is -2.42. The topological polar surface area (TPSA) is 93.4 Å². The molecule has 3 unspecified atom stereocenters. The van der Waals surface area contributed by atoms with E-state index >= 15 is 0 Å². The molecule has 0 saturated carbocycles. The zero-order chi connectivity index (χ0) is 17.4. The van der Waals surface area contributed by atoms with Crippen LogP contribution >= 0.6 is 11.8 Å². The normalized spacial score (nSPS) is 23.0. The predicted octanol–water partition coefficient (Wildman–Crippen LogP) is 1.69. The third-order valence-electron chi connectivity index (χ3n) is 3.79. The minimum absolute atomic E-state index is 0.0401. The van der Waals surface area contributed by atoms with Gasteiger partial charge in [-0.1, -0.05) is 13.8 Å². The first-order valence-electron chi connectivity index (χ1n) is 7.76. The van der Waals surface area contributed by atoms with Gasteiger partial charge in [0.05, 0.1) is 0 Å². The van der Waals surface area contributed by atoms with Crippen molar-refractivity contribution in [2.75, 3.05) is 25.1 Å². The van der Waals surface area contributed by atoms with Crippen LogP contribution in [0, 0.1) is 23.2 Å². The lowest BCUT2D eigenvalue weighted by atomic mass is 9.92. The summed E-state index contributed by atoms with van der Waals surface area (Å²) in [6.07, 6.45) is 4.90. The number of carboxylic acid groups (broad SMARTS) is 1. The summed E-state index contributed by atoms with van der Waals surface area (Å²) in [5.41, 5.74) is -0.0401. The second-order valence-corrected chi connectivity index (χ2v) is 7.19. The second-order valence-electron chi connectivity index (χ2n) is 6.20. The molecule has 1 aliphatic rings. The predicted molar refractivity (Wildman–Crippen MR) is 90.8 cm³/mol. The van der Waals surface area contributed by atoms with Crippen molar-refractivity contribution < 1.29 is 14.7 Å². The SMILES string of the molecule is CSCCC(NC(=O)/C(C#N)=C\N1CC(C)CC(C)C1)C(=O)O. The summed E-state index contributed by atoms with van der Waals surface area (Å²) in [6, 6.07) is 0.922. The number of hydrogen-bond acceptors (Lipinski definition) is 5. The van der Waals surface area contributed by atoms with Crippen LogP contribution in [-0.4, -0.2) is 53.0 Å². The van der Waals surface area contributed by atoms with E-state index in [0.29, 0.717) is 24.0 Å². The van der Waals surface area contributed by atoms with E-state index in [2.05, 4.69) is 19.2 Å². The van der Waals surface area contributed by atoms with Gasteiger partial charge in [0.25, 0.3) is 5.91 Å². The Morgan fingerprint density at radius 1 is 1.43 bits per heavy atom. The summed E-state index contributed by atoms with van der Waals surface area (Å²) < 4.78 is 0. The van der Waals surface area contributed by atoms with Gasteiger partial charge < -0.3 is 15.3 Å². The van der Waals surface area contributed by atoms with Crippen molar-refractivity contribution in [1.82, 2.24) is 10.2 Å². The van der Waals surface area contributed by atoms with Crippen molar-refractivity contribution in [1.29, 1.82) is 5.26 Å². The van der Waals surface area contributed by atoms with Gasteiger partial charge in [0, 0.05) is 19.3 Å². The van der Waals surface area contributed by atoms with Crippen molar-refractivity contribution in [3.63, 3.8) is 0 Å². The molecular formula is C16H25N3O3S. The largest absolute Gasteiger partial charge is 0.480 e. The van der Waals surface area contributed by atoms with Crippen LogP contribution in [0.5, 0.6) is 0 Å². The van der Waals surface area contributed by atoms with Crippen LogP contribution in [0.25, 0.3) is 0 Å². The zero-order valence-corrected chi connectivity index (χ0v) is 14.7. The highest BCUT2D eigenvalue weighted by Crippen LogP contribution is 2.21. The first kappa shape index (κ1) is 19.4. The number of carbonyl (C=O) groups is 2. The van der Waals surface area contributed by atoms with E-state index in [1.165, 1.54) is 11.8 Å². The van der Waals surface area contributed by atoms with Gasteiger partial charge in [-0.15, -0.1) is 0 Å². The maximum absolute atomic E-state index is 12.2. The third-order valence-corrected chi connectivity index (χ3v) is 4.43. The van der Waals surface area contributed by atoms with Crippen molar-refractivity contribution in [3.8, 4) is 6.07 Å². The molecule has 0 bridgehead atoms. The van der Waals surface area contributed by atoms with E-state index in [4.69, 9.17) is 5.11 Å². The second kappa shape index (κ2) is 9.46. The number of aliphatic carboxylic acids is 1. The minimum Gasteiger partial charge on any atom is -0.480 e. The fourth-order valence-electron chi connectivity index (χ4n) is 2.87. The number of rotatable bonds is 7. The fraction of sp³-hybridized carbons (Fsp3) is 0.688. The summed E-state index contributed by atoms with van der Waals surface area (Å²) in [7, 11) is 0. The first-order valence-corrected chi connectivity index (χ1v) is 9.15. The highest BCUT2D eigenvalue weighted by Gasteiger charge is 2.24. The molecule has 6 nitrogen and oxygen atoms in total. The van der Waals surface area contributed by atoms with Gasteiger partial charge in [-0.25, -0.2) is 4.79 Å². The van der Waals surface area contributed by atoms with Gasteiger partial charge in [0.2, 0.25) is 0 Å². The molecule has 1 amide bonds. The average Bonchev–Trinajstić information content (AvgIpc) is 2.47. The average molecular weight is 339 g/mol. The molecule has 7 heteroatoms. The Morgan fingerprint density at radius 2 is 2.04 bits per heavy atom. The molecule has 1 rings (SSSR count). The zero-order valence-electron chi connectivity index (χ0n) is 13.9. The summed E-state index contributed by atoms with van der Waals surface area (Å²) in [5.74, 6) is -0.0567. The molecule has 1 aliphatic heterocycles. The Hall–Kier alpha value is -1.68. The van der Waals surface area contributed by atoms with E-state index in [0.717, 1.165) is 19.5 Å². The van der Waals surface area contributed by atoms with Crippen LogP contribution in [0.3, 0.4) is 0 Å². The van der Waals surface area contributed by atoms with Gasteiger partial charge in [0.15, 0.2) is 0 Å². The molecule has 0 aliphatic carbocycles.